The van der Waals surface area contributed by atoms with Crippen LogP contribution in [0.2, 0.25) is 0 Å². The molecule has 0 radical (unpaired) electrons. The molecule has 1 atom stereocenters. The third-order valence-corrected chi connectivity index (χ3v) is 4.25. The second-order valence-electron chi connectivity index (χ2n) is 6.41. The van der Waals surface area contributed by atoms with E-state index in [1.165, 1.54) is 6.21 Å². The third-order valence-electron chi connectivity index (χ3n) is 4.25. The Kier molecular flexibility index (Phi) is 6.49. The quantitative estimate of drug-likeness (QED) is 0.396. The van der Waals surface area contributed by atoms with Crippen molar-refractivity contribution in [2.45, 2.75) is 13.0 Å². The van der Waals surface area contributed by atoms with Gasteiger partial charge in [0.2, 0.25) is 0 Å². The van der Waals surface area contributed by atoms with Crippen LogP contribution in [-0.2, 0) is 0 Å². The number of nitrogens with one attached hydrogen (secondary N) is 4. The van der Waals surface area contributed by atoms with Crippen molar-refractivity contribution < 1.29 is 4.79 Å². The number of nitrogens with two attached hydrogens (primary N) is 1. The van der Waals surface area contributed by atoms with E-state index in [1.54, 1.807) is 18.5 Å². The molecule has 1 aromatic carbocycles. The molecule has 2 amide bonds. The van der Waals surface area contributed by atoms with Crippen LogP contribution in [-0.4, -0.2) is 28.8 Å². The fraction of sp³-hybridized carbons (Fsp3) is 0.143. The van der Waals surface area contributed by atoms with Crippen LogP contribution in [0.4, 0.5) is 22.0 Å². The molecule has 8 nitrogen and oxygen atoms in total. The summed E-state index contributed by atoms with van der Waals surface area (Å²) in [6.45, 7) is 2.17. The van der Waals surface area contributed by atoms with Crippen LogP contribution < -0.4 is 21.7 Å². The van der Waals surface area contributed by atoms with Crippen molar-refractivity contribution in [2.75, 3.05) is 17.2 Å². The zero-order valence-electron chi connectivity index (χ0n) is 16.0. The third kappa shape index (κ3) is 5.36. The van der Waals surface area contributed by atoms with Crippen molar-refractivity contribution in [2.24, 2.45) is 5.73 Å². The molecule has 0 unspecified atom stereocenters. The fourth-order valence-corrected chi connectivity index (χ4v) is 2.82. The molecule has 3 rings (SSSR count). The molecule has 0 saturated heterocycles. The van der Waals surface area contributed by atoms with Crippen LogP contribution in [0.15, 0.2) is 60.9 Å². The Morgan fingerprint density at radius 1 is 1.21 bits per heavy atom. The molecule has 0 aliphatic heterocycles. The highest BCUT2D eigenvalue weighted by atomic mass is 16.2. The second kappa shape index (κ2) is 9.43. The van der Waals surface area contributed by atoms with Crippen molar-refractivity contribution in [1.29, 1.82) is 5.41 Å². The number of carbonyl (C=O) groups excluding carboxylic acids is 1. The van der Waals surface area contributed by atoms with Gasteiger partial charge in [-0.15, -0.1) is 0 Å². The Bertz CT molecular complexity index is 991. The maximum Gasteiger partial charge on any atom is 0.320 e. The van der Waals surface area contributed by atoms with Crippen LogP contribution in [0.1, 0.15) is 22.9 Å². The van der Waals surface area contributed by atoms with Gasteiger partial charge in [0.1, 0.15) is 5.82 Å². The number of benzene rings is 1. The van der Waals surface area contributed by atoms with Crippen molar-refractivity contribution >= 4 is 29.4 Å². The minimum Gasteiger partial charge on any atom is -0.354 e. The number of hydrogen-bond acceptors (Lipinski definition) is 6. The van der Waals surface area contributed by atoms with E-state index < -0.39 is 6.03 Å². The largest absolute Gasteiger partial charge is 0.354 e. The number of nitrogens with zero attached hydrogens (tertiary/aromatic N) is 2. The zero-order chi connectivity index (χ0) is 20.6. The Morgan fingerprint density at radius 2 is 2.00 bits per heavy atom. The van der Waals surface area contributed by atoms with E-state index in [0.717, 1.165) is 16.9 Å². The van der Waals surface area contributed by atoms with E-state index >= 15 is 0 Å². The molecule has 0 aliphatic rings. The normalized spacial score (nSPS) is 11.4. The first kappa shape index (κ1) is 20.0. The summed E-state index contributed by atoms with van der Waals surface area (Å²) >= 11 is 0. The summed E-state index contributed by atoms with van der Waals surface area (Å²) in [4.78, 5) is 20.8. The zero-order valence-corrected chi connectivity index (χ0v) is 16.0. The van der Waals surface area contributed by atoms with Gasteiger partial charge >= 0.3 is 6.03 Å². The highest BCUT2D eigenvalue weighted by Gasteiger charge is 2.13. The second-order valence-corrected chi connectivity index (χ2v) is 6.41. The average molecular weight is 389 g/mol. The molecule has 0 bridgehead atoms. The molecule has 8 heteroatoms. The molecule has 2 aromatic heterocycles. The number of aromatic nitrogens is 2. The van der Waals surface area contributed by atoms with Gasteiger partial charge in [0.15, 0.2) is 0 Å². The Balaban J connectivity index is 1.69. The van der Waals surface area contributed by atoms with Crippen LogP contribution in [0.5, 0.6) is 0 Å². The van der Waals surface area contributed by atoms with Gasteiger partial charge in [-0.1, -0.05) is 30.3 Å². The predicted molar refractivity (Wildman–Crippen MR) is 115 cm³/mol. The Morgan fingerprint density at radius 3 is 2.69 bits per heavy atom. The lowest BCUT2D eigenvalue weighted by Gasteiger charge is -2.18. The van der Waals surface area contributed by atoms with E-state index in [9.17, 15) is 4.79 Å². The number of pyridine rings is 2. The summed E-state index contributed by atoms with van der Waals surface area (Å²) < 4.78 is 0. The van der Waals surface area contributed by atoms with Gasteiger partial charge in [-0.3, -0.25) is 10.3 Å². The SMILES string of the molecule is Cc1cc(Nc2cnc(NC(=O)N[C@H](CN)c3ccccc3)cc2C=N)ccn1. The first-order valence-corrected chi connectivity index (χ1v) is 9.12. The molecule has 3 aromatic rings. The lowest BCUT2D eigenvalue weighted by Crippen LogP contribution is -2.36. The Labute approximate surface area is 169 Å². The van der Waals surface area contributed by atoms with Gasteiger partial charge in [-0.25, -0.2) is 9.78 Å². The van der Waals surface area contributed by atoms with Gasteiger partial charge < -0.3 is 21.8 Å². The highest BCUT2D eigenvalue weighted by Crippen LogP contribution is 2.21. The maximum atomic E-state index is 12.4. The van der Waals surface area contributed by atoms with Gasteiger partial charge in [-0.2, -0.15) is 0 Å². The van der Waals surface area contributed by atoms with Crippen LogP contribution in [0.3, 0.4) is 0 Å². The van der Waals surface area contributed by atoms with Gasteiger partial charge in [-0.05, 0) is 30.7 Å². The number of anilines is 3. The Hall–Kier alpha value is -3.78. The molecule has 2 heterocycles. The maximum absolute atomic E-state index is 12.4. The van der Waals surface area contributed by atoms with Crippen molar-refractivity contribution in [1.82, 2.24) is 15.3 Å². The molecule has 0 spiro atoms. The molecule has 29 heavy (non-hydrogen) atoms. The highest BCUT2D eigenvalue weighted by molar-refractivity contribution is 5.92. The number of rotatable bonds is 7. The summed E-state index contributed by atoms with van der Waals surface area (Å²) in [7, 11) is 0. The molecule has 6 N–H and O–H groups in total. The lowest BCUT2D eigenvalue weighted by molar-refractivity contribution is 0.248. The first-order chi connectivity index (χ1) is 14.1. The summed E-state index contributed by atoms with van der Waals surface area (Å²) in [5, 5.41) is 16.4. The monoisotopic (exact) mass is 389 g/mol. The van der Waals surface area contributed by atoms with Gasteiger partial charge in [0, 0.05) is 35.9 Å². The number of amides is 2. The van der Waals surface area contributed by atoms with E-state index in [1.807, 2.05) is 49.4 Å². The van der Waals surface area contributed by atoms with E-state index in [4.69, 9.17) is 11.1 Å². The minimum atomic E-state index is -0.418. The van der Waals surface area contributed by atoms with Crippen molar-refractivity contribution in [3.8, 4) is 0 Å². The molecule has 0 saturated carbocycles. The minimum absolute atomic E-state index is 0.269. The molecule has 0 aliphatic carbocycles. The van der Waals surface area contributed by atoms with Gasteiger partial charge in [0.25, 0.3) is 0 Å². The topological polar surface area (TPSA) is 129 Å². The summed E-state index contributed by atoms with van der Waals surface area (Å²) in [5.41, 5.74) is 9.68. The average Bonchev–Trinajstić information content (AvgIpc) is 2.73. The summed E-state index contributed by atoms with van der Waals surface area (Å²) in [5.74, 6) is 0.335. The summed E-state index contributed by atoms with van der Waals surface area (Å²) in [6, 6.07) is 14.1. The van der Waals surface area contributed by atoms with Crippen LogP contribution in [0, 0.1) is 12.3 Å². The van der Waals surface area contributed by atoms with Crippen molar-refractivity contribution in [3.05, 3.63) is 77.7 Å². The van der Waals surface area contributed by atoms with Crippen molar-refractivity contribution in [3.63, 3.8) is 0 Å². The molecular formula is C21H23N7O. The van der Waals surface area contributed by atoms with E-state index in [0.29, 0.717) is 17.1 Å². The summed E-state index contributed by atoms with van der Waals surface area (Å²) in [6.07, 6.45) is 4.48. The number of urea groups is 1. The number of hydrogen-bond donors (Lipinski definition) is 5. The molecular weight excluding hydrogens is 366 g/mol. The fourth-order valence-electron chi connectivity index (χ4n) is 2.82. The number of aryl methyl sites for hydroxylation is 1. The van der Waals surface area contributed by atoms with E-state index in [2.05, 4.69) is 25.9 Å². The predicted octanol–water partition coefficient (Wildman–Crippen LogP) is 3.35. The first-order valence-electron chi connectivity index (χ1n) is 9.12. The van der Waals surface area contributed by atoms with Gasteiger partial charge in [0.05, 0.1) is 17.9 Å². The smallest absolute Gasteiger partial charge is 0.320 e. The van der Waals surface area contributed by atoms with Crippen LogP contribution in [0.25, 0.3) is 0 Å². The standard InChI is InChI=1S/C21H23N7O/c1-14-9-17(7-8-24-14)26-19-13-25-20(10-16(19)11-22)28-21(29)27-18(12-23)15-5-3-2-4-6-15/h2-11,13,18,22H,12,23H2,1H3,(H,24,26)(H2,25,27,28,29)/t18-/m1/s1. The number of carbonyl (C=O) groups is 1. The molecule has 0 fully saturated rings. The molecule has 148 valence electrons. The lowest BCUT2D eigenvalue weighted by atomic mass is 10.1. The van der Waals surface area contributed by atoms with Crippen LogP contribution >= 0.6 is 0 Å². The van der Waals surface area contributed by atoms with E-state index in [-0.39, 0.29) is 12.6 Å².